The number of esters is 1. The summed E-state index contributed by atoms with van der Waals surface area (Å²) >= 11 is 6.44. The molecule has 0 bridgehead atoms. The summed E-state index contributed by atoms with van der Waals surface area (Å²) in [6, 6.07) is 13.0. The number of rotatable bonds is 3. The molecule has 7 nitrogen and oxygen atoms in total. The second-order valence-electron chi connectivity index (χ2n) is 8.88. The van der Waals surface area contributed by atoms with E-state index in [0.717, 1.165) is 5.56 Å². The molecule has 1 atom stereocenters. The third-order valence-corrected chi connectivity index (χ3v) is 5.54. The van der Waals surface area contributed by atoms with Gasteiger partial charge in [0.05, 0.1) is 5.02 Å². The quantitative estimate of drug-likeness (QED) is 0.289. The summed E-state index contributed by atoms with van der Waals surface area (Å²) in [4.78, 5) is 39.0. The van der Waals surface area contributed by atoms with Crippen LogP contribution in [-0.2, 0) is 9.53 Å². The number of benzene rings is 2. The Balaban J connectivity index is 1.63. The highest BCUT2D eigenvalue weighted by molar-refractivity contribution is 6.33. The summed E-state index contributed by atoms with van der Waals surface area (Å²) in [5.41, 5.74) is 0.518. The molecule has 1 unspecified atom stereocenters. The minimum absolute atomic E-state index is 0.0542. The first-order valence-electron chi connectivity index (χ1n) is 10.7. The van der Waals surface area contributed by atoms with Crippen molar-refractivity contribution in [2.24, 2.45) is 0 Å². The van der Waals surface area contributed by atoms with Gasteiger partial charge in [0.25, 0.3) is 0 Å². The van der Waals surface area contributed by atoms with Gasteiger partial charge < -0.3 is 13.9 Å². The van der Waals surface area contributed by atoms with Gasteiger partial charge in [0, 0.05) is 24.1 Å². The lowest BCUT2D eigenvalue weighted by atomic mass is 10.0. The molecule has 0 spiro atoms. The number of halogens is 1. The van der Waals surface area contributed by atoms with E-state index >= 15 is 0 Å². The van der Waals surface area contributed by atoms with Gasteiger partial charge in [-0.25, -0.2) is 14.4 Å². The molecule has 172 valence electrons. The number of hydrogen-bond acceptors (Lipinski definition) is 6. The summed E-state index contributed by atoms with van der Waals surface area (Å²) in [6.07, 6.45) is 0.543. The normalized spacial score (nSPS) is 16.1. The maximum atomic E-state index is 12.9. The number of ether oxygens (including phenoxy) is 2. The molecule has 0 saturated carbocycles. The van der Waals surface area contributed by atoms with E-state index in [1.54, 1.807) is 26.8 Å². The largest absolute Gasteiger partial charge is 0.444 e. The van der Waals surface area contributed by atoms with E-state index in [9.17, 15) is 14.4 Å². The molecule has 3 aromatic rings. The molecule has 33 heavy (non-hydrogen) atoms. The highest BCUT2D eigenvalue weighted by Crippen LogP contribution is 2.35. The summed E-state index contributed by atoms with van der Waals surface area (Å²) in [5, 5.41) is 0.797. The molecule has 1 aliphatic heterocycles. The Bertz CT molecular complexity index is 1260. The Kier molecular flexibility index (Phi) is 6.17. The Morgan fingerprint density at radius 2 is 1.85 bits per heavy atom. The number of fused-ring (bicyclic) bond motifs is 1. The van der Waals surface area contributed by atoms with Crippen molar-refractivity contribution in [2.75, 3.05) is 6.54 Å². The van der Waals surface area contributed by atoms with Gasteiger partial charge in [0.1, 0.15) is 17.2 Å². The number of carbonyl (C=O) groups excluding carboxylic acids is 2. The molecule has 1 amide bonds. The minimum atomic E-state index is -0.783. The van der Waals surface area contributed by atoms with E-state index in [1.165, 1.54) is 17.0 Å². The number of likely N-dealkylation sites (tertiary alicyclic amines) is 1. The molecule has 1 fully saturated rings. The zero-order chi connectivity index (χ0) is 23.8. The number of carbonyl (C=O) groups is 2. The lowest BCUT2D eigenvalue weighted by molar-refractivity contribution is -0.139. The molecule has 1 aliphatic rings. The van der Waals surface area contributed by atoms with E-state index in [2.05, 4.69) is 0 Å². The second-order valence-corrected chi connectivity index (χ2v) is 9.28. The molecular weight excluding hydrogens is 446 g/mol. The van der Waals surface area contributed by atoms with Gasteiger partial charge >= 0.3 is 17.7 Å². The van der Waals surface area contributed by atoms with Crippen molar-refractivity contribution in [1.29, 1.82) is 0 Å². The SMILES string of the molecule is CC(C)(C)OC(=O)N1CCCC1C(=O)Oc1cc2oc(=O)cc(-c3ccccc3)c2cc1Cl. The average Bonchev–Trinajstić information content (AvgIpc) is 3.24. The van der Waals surface area contributed by atoms with Crippen LogP contribution < -0.4 is 10.4 Å². The van der Waals surface area contributed by atoms with Crippen molar-refractivity contribution in [3.8, 4) is 16.9 Å². The molecule has 2 aromatic carbocycles. The first kappa shape index (κ1) is 22.9. The van der Waals surface area contributed by atoms with Gasteiger partial charge in [-0.3, -0.25) is 4.90 Å². The smallest absolute Gasteiger partial charge is 0.411 e. The third-order valence-electron chi connectivity index (χ3n) is 5.25. The predicted octanol–water partition coefficient (Wildman–Crippen LogP) is 5.42. The zero-order valence-corrected chi connectivity index (χ0v) is 19.3. The Hall–Kier alpha value is -3.32. The monoisotopic (exact) mass is 469 g/mol. The van der Waals surface area contributed by atoms with Gasteiger partial charge in [-0.1, -0.05) is 41.9 Å². The predicted molar refractivity (Wildman–Crippen MR) is 125 cm³/mol. The molecule has 1 aromatic heterocycles. The van der Waals surface area contributed by atoms with Crippen molar-refractivity contribution in [3.05, 3.63) is 64.0 Å². The van der Waals surface area contributed by atoms with Gasteiger partial charge in [-0.15, -0.1) is 0 Å². The maximum Gasteiger partial charge on any atom is 0.411 e. The van der Waals surface area contributed by atoms with Crippen molar-refractivity contribution in [3.63, 3.8) is 0 Å². The summed E-state index contributed by atoms with van der Waals surface area (Å²) in [5.74, 6) is -0.570. The lowest BCUT2D eigenvalue weighted by Crippen LogP contribution is -2.44. The summed E-state index contributed by atoms with van der Waals surface area (Å²) < 4.78 is 16.3. The van der Waals surface area contributed by atoms with Crippen LogP contribution in [-0.4, -0.2) is 35.2 Å². The van der Waals surface area contributed by atoms with Crippen LogP contribution in [0, 0.1) is 0 Å². The van der Waals surface area contributed by atoms with Crippen molar-refractivity contribution >= 4 is 34.6 Å². The van der Waals surface area contributed by atoms with Crippen molar-refractivity contribution < 1.29 is 23.5 Å². The second kappa shape index (κ2) is 8.90. The Labute approximate surface area is 195 Å². The zero-order valence-electron chi connectivity index (χ0n) is 18.6. The van der Waals surface area contributed by atoms with Crippen LogP contribution in [0.3, 0.4) is 0 Å². The van der Waals surface area contributed by atoms with Crippen LogP contribution in [0.15, 0.2) is 57.7 Å². The highest BCUT2D eigenvalue weighted by Gasteiger charge is 2.38. The van der Waals surface area contributed by atoms with Crippen LogP contribution in [0.4, 0.5) is 4.79 Å². The minimum Gasteiger partial charge on any atom is -0.444 e. The molecule has 0 radical (unpaired) electrons. The third kappa shape index (κ3) is 5.03. The maximum absolute atomic E-state index is 12.9. The molecular formula is C25H24ClNO6. The Morgan fingerprint density at radius 1 is 1.12 bits per heavy atom. The molecule has 0 aliphatic carbocycles. The number of amides is 1. The van der Waals surface area contributed by atoms with Crippen molar-refractivity contribution in [2.45, 2.75) is 45.3 Å². The first-order chi connectivity index (χ1) is 15.6. The standard InChI is InChI=1S/C25H24ClNO6/c1-25(2,3)33-24(30)27-11-7-10-19(27)23(29)32-21-14-20-17(12-18(21)26)16(13-22(28)31-20)15-8-5-4-6-9-15/h4-6,8-9,12-14,19H,7,10-11H2,1-3H3. The van der Waals surface area contributed by atoms with E-state index in [4.69, 9.17) is 25.5 Å². The fourth-order valence-corrected chi connectivity index (χ4v) is 4.03. The van der Waals surface area contributed by atoms with E-state index in [0.29, 0.717) is 30.3 Å². The summed E-state index contributed by atoms with van der Waals surface area (Å²) in [7, 11) is 0. The van der Waals surface area contributed by atoms with E-state index in [1.807, 2.05) is 30.3 Å². The average molecular weight is 470 g/mol. The highest BCUT2D eigenvalue weighted by atomic mass is 35.5. The van der Waals surface area contributed by atoms with Crippen molar-refractivity contribution in [1.82, 2.24) is 4.90 Å². The van der Waals surface area contributed by atoms with Crippen LogP contribution in [0.1, 0.15) is 33.6 Å². The fourth-order valence-electron chi connectivity index (χ4n) is 3.83. The lowest BCUT2D eigenvalue weighted by Gasteiger charge is -2.27. The molecule has 8 heteroatoms. The van der Waals surface area contributed by atoms with Crippen LogP contribution in [0.25, 0.3) is 22.1 Å². The van der Waals surface area contributed by atoms with Crippen LogP contribution >= 0.6 is 11.6 Å². The molecule has 1 saturated heterocycles. The topological polar surface area (TPSA) is 86.1 Å². The van der Waals surface area contributed by atoms with Crippen LogP contribution in [0.5, 0.6) is 5.75 Å². The van der Waals surface area contributed by atoms with E-state index < -0.39 is 29.3 Å². The number of hydrogen-bond donors (Lipinski definition) is 0. The molecule has 0 N–H and O–H groups in total. The first-order valence-corrected chi connectivity index (χ1v) is 11.0. The number of nitrogens with zero attached hydrogens (tertiary/aromatic N) is 1. The summed E-state index contributed by atoms with van der Waals surface area (Å²) in [6.45, 7) is 5.69. The van der Waals surface area contributed by atoms with Gasteiger partial charge in [-0.05, 0) is 50.8 Å². The van der Waals surface area contributed by atoms with Gasteiger partial charge in [0.2, 0.25) is 0 Å². The molecule has 2 heterocycles. The van der Waals surface area contributed by atoms with Gasteiger partial charge in [-0.2, -0.15) is 0 Å². The fraction of sp³-hybridized carbons (Fsp3) is 0.320. The van der Waals surface area contributed by atoms with Gasteiger partial charge in [0.15, 0.2) is 5.75 Å². The van der Waals surface area contributed by atoms with Crippen LogP contribution in [0.2, 0.25) is 5.02 Å². The molecule has 4 rings (SSSR count). The van der Waals surface area contributed by atoms with E-state index in [-0.39, 0.29) is 16.4 Å². The Morgan fingerprint density at radius 3 is 2.55 bits per heavy atom.